The van der Waals surface area contributed by atoms with E-state index in [-0.39, 0.29) is 23.7 Å². The first-order valence-electron chi connectivity index (χ1n) is 12.3. The van der Waals surface area contributed by atoms with Crippen LogP contribution in [0.2, 0.25) is 0 Å². The van der Waals surface area contributed by atoms with Gasteiger partial charge in [-0.15, -0.1) is 0 Å². The molecule has 1 atom stereocenters. The molecule has 40 heavy (non-hydrogen) atoms. The van der Waals surface area contributed by atoms with Crippen molar-refractivity contribution >= 4 is 29.6 Å². The lowest BCUT2D eigenvalue weighted by Crippen LogP contribution is -2.25. The molecule has 0 spiro atoms. The number of hydrogen-bond acceptors (Lipinski definition) is 12. The first-order valence-corrected chi connectivity index (χ1v) is 12.3. The van der Waals surface area contributed by atoms with Crippen molar-refractivity contribution in [1.82, 2.24) is 19.9 Å². The molecule has 1 aliphatic heterocycles. The minimum atomic E-state index is -0.861. The van der Waals surface area contributed by atoms with Crippen LogP contribution in [0.15, 0.2) is 76.7 Å². The molecule has 13 heteroatoms. The van der Waals surface area contributed by atoms with Gasteiger partial charge in [-0.3, -0.25) is 15.1 Å². The van der Waals surface area contributed by atoms with Crippen molar-refractivity contribution in [2.24, 2.45) is 4.99 Å². The molecular weight excluding hydrogens is 516 g/mol. The topological polar surface area (TPSA) is 185 Å². The quantitative estimate of drug-likeness (QED) is 0.167. The van der Waals surface area contributed by atoms with E-state index in [1.165, 1.54) is 18.7 Å². The number of carbonyl (C=O) groups is 1. The molecule has 0 radical (unpaired) electrons. The Labute approximate surface area is 228 Å². The fraction of sp³-hybridized carbons (Fsp3) is 0.185. The molecule has 0 bridgehead atoms. The Bertz CT molecular complexity index is 1590. The zero-order valence-corrected chi connectivity index (χ0v) is 21.4. The van der Waals surface area contributed by atoms with E-state index < -0.39 is 16.4 Å². The van der Waals surface area contributed by atoms with Crippen molar-refractivity contribution in [3.8, 4) is 22.6 Å². The number of rotatable bonds is 10. The van der Waals surface area contributed by atoms with Crippen molar-refractivity contribution in [2.75, 3.05) is 24.2 Å². The van der Waals surface area contributed by atoms with Gasteiger partial charge in [-0.05, 0) is 31.6 Å². The summed E-state index contributed by atoms with van der Waals surface area (Å²) in [7, 11) is 0. The Balaban J connectivity index is 1.38. The van der Waals surface area contributed by atoms with Gasteiger partial charge in [0.05, 0.1) is 29.1 Å². The van der Waals surface area contributed by atoms with Crippen LogP contribution in [-0.2, 0) is 10.3 Å². The Hall–Kier alpha value is -5.46. The number of aliphatic imine (C=N–C) groups is 1. The highest BCUT2D eigenvalue weighted by Crippen LogP contribution is 2.35. The van der Waals surface area contributed by atoms with Crippen LogP contribution in [-0.4, -0.2) is 50.2 Å². The fourth-order valence-corrected chi connectivity index (χ4v) is 4.27. The number of benzene rings is 1. The largest absolute Gasteiger partial charge is 0.462 e. The van der Waals surface area contributed by atoms with Crippen molar-refractivity contribution in [1.29, 1.82) is 0 Å². The monoisotopic (exact) mass is 540 g/mol. The molecule has 0 aliphatic carbocycles. The average Bonchev–Trinajstić information content (AvgIpc) is 3.67. The summed E-state index contributed by atoms with van der Waals surface area (Å²) < 4.78 is 10.6. The average molecular weight is 541 g/mol. The number of ether oxygens (including phenoxy) is 1. The molecule has 0 fully saturated rings. The summed E-state index contributed by atoms with van der Waals surface area (Å²) in [6.45, 7) is 2.30. The van der Waals surface area contributed by atoms with E-state index in [2.05, 4.69) is 30.2 Å². The lowest BCUT2D eigenvalue weighted by atomic mass is 9.91. The second-order valence-corrected chi connectivity index (χ2v) is 8.72. The molecule has 5 rings (SSSR count). The molecule has 1 unspecified atom stereocenters. The first-order chi connectivity index (χ1) is 19.4. The summed E-state index contributed by atoms with van der Waals surface area (Å²) >= 11 is 0. The highest BCUT2D eigenvalue weighted by atomic mass is 16.6. The Morgan fingerprint density at radius 2 is 1.95 bits per heavy atom. The molecule has 0 saturated heterocycles. The lowest BCUT2D eigenvalue weighted by molar-refractivity contribution is -0.384. The minimum Gasteiger partial charge on any atom is -0.462 e. The lowest BCUT2D eigenvalue weighted by Gasteiger charge is -2.24. The third kappa shape index (κ3) is 5.25. The van der Waals surface area contributed by atoms with E-state index in [1.807, 2.05) is 30.3 Å². The van der Waals surface area contributed by atoms with Gasteiger partial charge in [0.25, 0.3) is 0 Å². The Kier molecular flexibility index (Phi) is 7.27. The van der Waals surface area contributed by atoms with E-state index >= 15 is 0 Å². The van der Waals surface area contributed by atoms with Gasteiger partial charge < -0.3 is 20.2 Å². The Morgan fingerprint density at radius 1 is 1.15 bits per heavy atom. The van der Waals surface area contributed by atoms with Gasteiger partial charge in [0.15, 0.2) is 12.2 Å². The number of pyridine rings is 1. The number of nitrogens with zero attached hydrogens (tertiary/aromatic N) is 6. The van der Waals surface area contributed by atoms with E-state index in [1.54, 1.807) is 31.5 Å². The second kappa shape index (κ2) is 11.1. The van der Waals surface area contributed by atoms with Crippen LogP contribution in [0, 0.1) is 10.1 Å². The maximum Gasteiger partial charge on any atom is 0.341 e. The van der Waals surface area contributed by atoms with Gasteiger partial charge in [0.2, 0.25) is 11.8 Å². The third-order valence-electron chi connectivity index (χ3n) is 6.25. The van der Waals surface area contributed by atoms with Gasteiger partial charge in [-0.1, -0.05) is 24.3 Å². The van der Waals surface area contributed by atoms with Gasteiger partial charge >= 0.3 is 11.7 Å². The minimum absolute atomic E-state index is 0.179. The summed E-state index contributed by atoms with van der Waals surface area (Å²) in [5.41, 5.74) is 7.31. The summed E-state index contributed by atoms with van der Waals surface area (Å²) in [4.78, 5) is 44.9. The second-order valence-electron chi connectivity index (χ2n) is 8.72. The Morgan fingerprint density at radius 3 is 2.60 bits per heavy atom. The zero-order valence-electron chi connectivity index (χ0n) is 21.4. The predicted molar refractivity (Wildman–Crippen MR) is 147 cm³/mol. The normalized spacial score (nSPS) is 15.7. The molecule has 4 heterocycles. The molecule has 0 amide bonds. The van der Waals surface area contributed by atoms with E-state index in [0.29, 0.717) is 41.6 Å². The summed E-state index contributed by atoms with van der Waals surface area (Å²) in [5, 5.41) is 14.3. The van der Waals surface area contributed by atoms with Gasteiger partial charge in [0, 0.05) is 36.1 Å². The first kappa shape index (κ1) is 26.2. The number of nitro groups is 1. The third-order valence-corrected chi connectivity index (χ3v) is 6.25. The molecule has 4 aromatic rings. The number of oxazole rings is 1. The number of allylic oxidation sites excluding steroid dienone is 1. The molecule has 3 aromatic heterocycles. The molecule has 3 N–H and O–H groups in total. The maximum atomic E-state index is 12.7. The van der Waals surface area contributed by atoms with E-state index in [0.717, 1.165) is 5.56 Å². The molecule has 1 aromatic carbocycles. The van der Waals surface area contributed by atoms with E-state index in [4.69, 9.17) is 14.9 Å². The number of nitrogen functional groups attached to an aromatic ring is 1. The number of aromatic nitrogens is 4. The molecule has 13 nitrogen and oxygen atoms in total. The number of nitrogens with two attached hydrogens (primary N) is 1. The number of nitrogens with one attached hydrogen (secondary N) is 1. The number of anilines is 2. The van der Waals surface area contributed by atoms with Crippen LogP contribution < -0.4 is 11.1 Å². The van der Waals surface area contributed by atoms with Crippen LogP contribution in [0.25, 0.3) is 22.6 Å². The van der Waals surface area contributed by atoms with Crippen molar-refractivity contribution < 1.29 is 18.9 Å². The zero-order chi connectivity index (χ0) is 28.1. The number of hydrogen-bond donors (Lipinski definition) is 2. The van der Waals surface area contributed by atoms with Crippen molar-refractivity contribution in [3.63, 3.8) is 0 Å². The molecule has 0 saturated carbocycles. The van der Waals surface area contributed by atoms with Crippen LogP contribution in [0.4, 0.5) is 17.5 Å². The molecule has 202 valence electrons. The van der Waals surface area contributed by atoms with Crippen LogP contribution in [0.5, 0.6) is 0 Å². The number of carbonyl (C=O) groups excluding carboxylic acids is 1. The summed E-state index contributed by atoms with van der Waals surface area (Å²) in [6, 6.07) is 10.2. The van der Waals surface area contributed by atoms with Crippen LogP contribution in [0.3, 0.4) is 0 Å². The summed E-state index contributed by atoms with van der Waals surface area (Å²) in [5.74, 6) is 0.195. The van der Waals surface area contributed by atoms with Crippen molar-refractivity contribution in [3.05, 3.63) is 88.7 Å². The maximum absolute atomic E-state index is 12.7. The van der Waals surface area contributed by atoms with Gasteiger partial charge in [-0.2, -0.15) is 0 Å². The van der Waals surface area contributed by atoms with Gasteiger partial charge in [0.1, 0.15) is 11.1 Å². The van der Waals surface area contributed by atoms with E-state index in [9.17, 15) is 14.9 Å². The summed E-state index contributed by atoms with van der Waals surface area (Å²) in [6.07, 6.45) is 10.1. The molecular formula is C27H24N8O5. The van der Waals surface area contributed by atoms with Crippen molar-refractivity contribution in [2.45, 2.75) is 18.9 Å². The van der Waals surface area contributed by atoms with Crippen LogP contribution in [0.1, 0.15) is 29.4 Å². The van der Waals surface area contributed by atoms with Gasteiger partial charge in [-0.25, -0.2) is 24.7 Å². The molecule has 1 aliphatic rings. The SMILES string of the molecule is CCOC(=O)c1cnc(NCCC2(c3ccc([N+](=O)[O-])c(N)n3)C=CC=N2)nc1-c1ccc(-c2cnco2)cc1. The highest BCUT2D eigenvalue weighted by Gasteiger charge is 2.33. The fourth-order valence-electron chi connectivity index (χ4n) is 4.27. The smallest absolute Gasteiger partial charge is 0.341 e. The standard InChI is InChI=1S/C27H24N8O5/c1-2-39-25(36)19-14-31-26(34-23(19)18-6-4-17(5-7-18)21-15-29-16-40-21)30-13-11-27(10-3-12-32-27)22-9-8-20(35(37)38)24(28)33-22/h3-10,12,14-16H,2,11,13H2,1H3,(H2,28,33)(H,30,31,34). The van der Waals surface area contributed by atoms with Crippen LogP contribution >= 0.6 is 0 Å². The highest BCUT2D eigenvalue weighted by molar-refractivity contribution is 5.96. The predicted octanol–water partition coefficient (Wildman–Crippen LogP) is 4.20. The number of esters is 1.